The fraction of sp³-hybridized carbons (Fsp3) is 0.231. The molecule has 1 amide bonds. The van der Waals surface area contributed by atoms with Crippen LogP contribution < -0.4 is 4.90 Å². The van der Waals surface area contributed by atoms with Gasteiger partial charge in [0.25, 0.3) is 0 Å². The molecule has 0 bridgehead atoms. The molecule has 4 aromatic rings. The van der Waals surface area contributed by atoms with Gasteiger partial charge in [0.05, 0.1) is 16.6 Å². The highest BCUT2D eigenvalue weighted by Gasteiger charge is 2.20. The van der Waals surface area contributed by atoms with Crippen molar-refractivity contribution in [3.63, 3.8) is 0 Å². The lowest BCUT2D eigenvalue weighted by molar-refractivity contribution is -0.118. The Morgan fingerprint density at radius 3 is 2.38 bits per heavy atom. The second kappa shape index (κ2) is 10.3. The van der Waals surface area contributed by atoms with Gasteiger partial charge in [0.2, 0.25) is 5.91 Å². The average Bonchev–Trinajstić information content (AvgIpc) is 3.20. The maximum Gasteiger partial charge on any atom is 0.233 e. The van der Waals surface area contributed by atoms with Crippen molar-refractivity contribution in [2.75, 3.05) is 32.1 Å². The minimum absolute atomic E-state index is 0.0568. The second-order valence-electron chi connectivity index (χ2n) is 8.05. The molecule has 0 N–H and O–H groups in total. The van der Waals surface area contributed by atoms with Gasteiger partial charge < -0.3 is 4.90 Å². The van der Waals surface area contributed by atoms with Crippen LogP contribution in [0.5, 0.6) is 0 Å². The lowest BCUT2D eigenvalue weighted by Crippen LogP contribution is -2.34. The largest absolute Gasteiger partial charge is 0.309 e. The van der Waals surface area contributed by atoms with Gasteiger partial charge in [-0.05, 0) is 62.0 Å². The summed E-state index contributed by atoms with van der Waals surface area (Å²) in [5, 5.41) is 1.41. The van der Waals surface area contributed by atoms with Crippen molar-refractivity contribution in [2.24, 2.45) is 0 Å². The average molecular weight is 464 g/mol. The number of hydrogen-bond donors (Lipinski definition) is 0. The third kappa shape index (κ3) is 5.54. The molecule has 0 atom stereocenters. The predicted octanol–water partition coefficient (Wildman–Crippen LogP) is 6.14. The zero-order valence-corrected chi connectivity index (χ0v) is 19.9. The van der Waals surface area contributed by atoms with Crippen molar-refractivity contribution >= 4 is 44.2 Å². The third-order valence-electron chi connectivity index (χ3n) is 5.27. The van der Waals surface area contributed by atoms with Crippen LogP contribution in [0.1, 0.15) is 12.0 Å². The van der Waals surface area contributed by atoms with Crippen LogP contribution in [0.2, 0.25) is 5.02 Å². The summed E-state index contributed by atoms with van der Waals surface area (Å²) >= 11 is 7.66. The molecule has 0 aliphatic heterocycles. The Balaban J connectivity index is 1.54. The number of thiazole rings is 1. The van der Waals surface area contributed by atoms with Crippen LogP contribution in [0, 0.1) is 0 Å². The Morgan fingerprint density at radius 2 is 1.66 bits per heavy atom. The summed E-state index contributed by atoms with van der Waals surface area (Å²) in [4.78, 5) is 22.0. The van der Waals surface area contributed by atoms with E-state index in [1.54, 1.807) is 0 Å². The molecular formula is C26H26ClN3OS. The van der Waals surface area contributed by atoms with Crippen LogP contribution >= 0.6 is 22.9 Å². The minimum atomic E-state index is 0.0568. The van der Waals surface area contributed by atoms with Gasteiger partial charge in [-0.25, -0.2) is 4.98 Å². The van der Waals surface area contributed by atoms with Gasteiger partial charge >= 0.3 is 0 Å². The van der Waals surface area contributed by atoms with Crippen molar-refractivity contribution in [1.82, 2.24) is 9.88 Å². The molecule has 3 aromatic carbocycles. The summed E-state index contributed by atoms with van der Waals surface area (Å²) in [6.45, 7) is 1.54. The summed E-state index contributed by atoms with van der Waals surface area (Å²) in [6.07, 6.45) is 1.22. The molecule has 0 aliphatic carbocycles. The highest BCUT2D eigenvalue weighted by atomic mass is 35.5. The molecule has 0 unspecified atom stereocenters. The van der Waals surface area contributed by atoms with Crippen LogP contribution in [0.15, 0.2) is 72.8 Å². The van der Waals surface area contributed by atoms with Crippen molar-refractivity contribution in [2.45, 2.75) is 12.8 Å². The van der Waals surface area contributed by atoms with E-state index < -0.39 is 0 Å². The molecule has 4 rings (SSSR count). The zero-order valence-electron chi connectivity index (χ0n) is 18.3. The topological polar surface area (TPSA) is 36.4 Å². The molecular weight excluding hydrogens is 438 g/mol. The molecule has 6 heteroatoms. The molecule has 1 heterocycles. The quantitative estimate of drug-likeness (QED) is 0.314. The summed E-state index contributed by atoms with van der Waals surface area (Å²) in [5.74, 6) is 0.0568. The van der Waals surface area contributed by atoms with Crippen LogP contribution in [0.3, 0.4) is 0 Å². The highest BCUT2D eigenvalue weighted by molar-refractivity contribution is 7.22. The molecule has 4 nitrogen and oxygen atoms in total. The number of fused-ring (bicyclic) bond motifs is 1. The first kappa shape index (κ1) is 22.5. The summed E-state index contributed by atoms with van der Waals surface area (Å²) in [7, 11) is 4.08. The lowest BCUT2D eigenvalue weighted by Gasteiger charge is -2.21. The number of amides is 1. The van der Waals surface area contributed by atoms with E-state index in [-0.39, 0.29) is 5.91 Å². The maximum atomic E-state index is 13.3. The number of benzene rings is 3. The Labute approximate surface area is 198 Å². The zero-order chi connectivity index (χ0) is 22.5. The predicted molar refractivity (Wildman–Crippen MR) is 136 cm³/mol. The van der Waals surface area contributed by atoms with E-state index in [0.29, 0.717) is 18.0 Å². The van der Waals surface area contributed by atoms with Crippen molar-refractivity contribution in [3.05, 3.63) is 83.4 Å². The Morgan fingerprint density at radius 1 is 0.938 bits per heavy atom. The Hall–Kier alpha value is -2.73. The number of rotatable bonds is 8. The van der Waals surface area contributed by atoms with Gasteiger partial charge in [-0.15, -0.1) is 0 Å². The van der Waals surface area contributed by atoms with Gasteiger partial charge in [-0.1, -0.05) is 77.5 Å². The van der Waals surface area contributed by atoms with E-state index >= 15 is 0 Å². The van der Waals surface area contributed by atoms with Gasteiger partial charge in [0.15, 0.2) is 5.13 Å². The van der Waals surface area contributed by atoms with E-state index in [9.17, 15) is 4.79 Å². The Bertz CT molecular complexity index is 1190. The van der Waals surface area contributed by atoms with Crippen molar-refractivity contribution in [3.8, 4) is 11.1 Å². The normalized spacial score (nSPS) is 11.2. The van der Waals surface area contributed by atoms with E-state index in [0.717, 1.165) is 39.4 Å². The van der Waals surface area contributed by atoms with Crippen molar-refractivity contribution in [1.29, 1.82) is 0 Å². The van der Waals surface area contributed by atoms with Gasteiger partial charge in [0.1, 0.15) is 0 Å². The number of carbonyl (C=O) groups excluding carboxylic acids is 1. The fourth-order valence-corrected chi connectivity index (χ4v) is 4.87. The molecule has 0 fully saturated rings. The molecule has 0 aliphatic rings. The number of hydrogen-bond acceptors (Lipinski definition) is 4. The molecule has 1 aromatic heterocycles. The lowest BCUT2D eigenvalue weighted by atomic mass is 10.0. The first-order valence-corrected chi connectivity index (χ1v) is 11.8. The molecule has 0 saturated heterocycles. The third-order valence-corrected chi connectivity index (χ3v) is 6.55. The monoisotopic (exact) mass is 463 g/mol. The number of carbonyl (C=O) groups is 1. The van der Waals surface area contributed by atoms with Crippen LogP contribution in [-0.2, 0) is 11.2 Å². The van der Waals surface area contributed by atoms with E-state index in [1.807, 2.05) is 67.5 Å². The molecule has 32 heavy (non-hydrogen) atoms. The number of halogens is 1. The van der Waals surface area contributed by atoms with E-state index in [1.165, 1.54) is 16.9 Å². The summed E-state index contributed by atoms with van der Waals surface area (Å²) in [6, 6.07) is 24.1. The van der Waals surface area contributed by atoms with Gasteiger partial charge in [-0.3, -0.25) is 9.69 Å². The summed E-state index contributed by atoms with van der Waals surface area (Å²) < 4.78 is 0.991. The SMILES string of the molecule is CN(C)CCCN(C(=O)Cc1ccc(-c2ccccc2)cc1)c1nc2ccc(Cl)cc2s1. The van der Waals surface area contributed by atoms with Crippen LogP contribution in [0.4, 0.5) is 5.13 Å². The van der Waals surface area contributed by atoms with E-state index in [4.69, 9.17) is 16.6 Å². The number of aromatic nitrogens is 1. The second-order valence-corrected chi connectivity index (χ2v) is 9.50. The molecule has 0 spiro atoms. The Kier molecular flexibility index (Phi) is 7.20. The first-order chi connectivity index (χ1) is 15.5. The smallest absolute Gasteiger partial charge is 0.233 e. The summed E-state index contributed by atoms with van der Waals surface area (Å²) in [5.41, 5.74) is 4.18. The first-order valence-electron chi connectivity index (χ1n) is 10.6. The standard InChI is InChI=1S/C26H26ClN3OS/c1-29(2)15-6-16-30(26-28-23-14-13-22(27)18-24(23)32-26)25(31)17-19-9-11-21(12-10-19)20-7-4-3-5-8-20/h3-5,7-14,18H,6,15-17H2,1-2H3. The highest BCUT2D eigenvalue weighted by Crippen LogP contribution is 2.31. The van der Waals surface area contributed by atoms with Crippen LogP contribution in [-0.4, -0.2) is 43.0 Å². The van der Waals surface area contributed by atoms with Gasteiger partial charge in [-0.2, -0.15) is 0 Å². The molecule has 164 valence electrons. The van der Waals surface area contributed by atoms with Crippen LogP contribution in [0.25, 0.3) is 21.3 Å². The minimum Gasteiger partial charge on any atom is -0.309 e. The number of anilines is 1. The number of nitrogens with zero attached hydrogens (tertiary/aromatic N) is 3. The van der Waals surface area contributed by atoms with Crippen molar-refractivity contribution < 1.29 is 4.79 Å². The fourth-order valence-electron chi connectivity index (χ4n) is 3.59. The molecule has 0 radical (unpaired) electrons. The molecule has 0 saturated carbocycles. The van der Waals surface area contributed by atoms with Gasteiger partial charge in [0, 0.05) is 11.6 Å². The van der Waals surface area contributed by atoms with E-state index in [2.05, 4.69) is 29.2 Å². The maximum absolute atomic E-state index is 13.3.